The van der Waals surface area contributed by atoms with Gasteiger partial charge in [0.15, 0.2) is 0 Å². The van der Waals surface area contributed by atoms with Gasteiger partial charge in [0.05, 0.1) is 17.6 Å². The zero-order chi connectivity index (χ0) is 22.0. The van der Waals surface area contributed by atoms with E-state index in [4.69, 9.17) is 5.41 Å². The van der Waals surface area contributed by atoms with E-state index in [1.165, 1.54) is 13.1 Å². The molecule has 3 amide bonds. The van der Waals surface area contributed by atoms with Crippen LogP contribution in [0.2, 0.25) is 0 Å². The van der Waals surface area contributed by atoms with E-state index in [1.807, 2.05) is 0 Å². The minimum Gasteiger partial charge on any atom is -0.331 e. The zero-order valence-electron chi connectivity index (χ0n) is 16.3. The molecule has 3 N–H and O–H groups in total. The van der Waals surface area contributed by atoms with Crippen molar-refractivity contribution in [2.75, 3.05) is 18.5 Å². The van der Waals surface area contributed by atoms with Gasteiger partial charge in [-0.05, 0) is 32.0 Å². The SMILES string of the molecule is CN(C(=O)C(C#N)=CNC(=N)N1CC(C)(C)NC1=O)c1cccc(C(F)(F)F)c1.Cl. The van der Waals surface area contributed by atoms with Crippen molar-refractivity contribution < 1.29 is 22.8 Å². The van der Waals surface area contributed by atoms with Crippen molar-refractivity contribution in [3.05, 3.63) is 41.6 Å². The number of anilines is 1. The predicted octanol–water partition coefficient (Wildman–Crippen LogP) is 2.83. The van der Waals surface area contributed by atoms with Crippen molar-refractivity contribution in [2.24, 2.45) is 0 Å². The highest BCUT2D eigenvalue weighted by Gasteiger charge is 2.37. The minimum absolute atomic E-state index is 0. The zero-order valence-corrected chi connectivity index (χ0v) is 17.1. The molecule has 1 aliphatic heterocycles. The van der Waals surface area contributed by atoms with Crippen LogP contribution in [0.1, 0.15) is 19.4 Å². The molecule has 30 heavy (non-hydrogen) atoms. The van der Waals surface area contributed by atoms with Crippen LogP contribution in [0.25, 0.3) is 0 Å². The highest BCUT2D eigenvalue weighted by Crippen LogP contribution is 2.31. The molecule has 8 nitrogen and oxygen atoms in total. The number of likely N-dealkylation sites (N-methyl/N-ethyl adjacent to an activating group) is 1. The quantitative estimate of drug-likeness (QED) is 0.288. The van der Waals surface area contributed by atoms with Crippen molar-refractivity contribution in [2.45, 2.75) is 25.6 Å². The van der Waals surface area contributed by atoms with Gasteiger partial charge in [-0.25, -0.2) is 4.79 Å². The number of rotatable bonds is 3. The van der Waals surface area contributed by atoms with E-state index < -0.39 is 34.8 Å². The Morgan fingerprint density at radius 1 is 1.43 bits per heavy atom. The van der Waals surface area contributed by atoms with Crippen LogP contribution >= 0.6 is 12.4 Å². The molecule has 0 radical (unpaired) electrons. The van der Waals surface area contributed by atoms with Crippen molar-refractivity contribution in [3.8, 4) is 6.07 Å². The summed E-state index contributed by atoms with van der Waals surface area (Å²) in [7, 11) is 1.23. The number of nitrogens with one attached hydrogen (secondary N) is 3. The van der Waals surface area contributed by atoms with E-state index in [1.54, 1.807) is 19.9 Å². The standard InChI is InChI=1S/C18H19F3N6O2.ClH/c1-17(2)10-27(16(29)25-17)15(23)24-9-11(8-22)14(28)26(3)13-6-4-5-12(7-13)18(19,20)21;/h4-7,9H,10H2,1-3H3,(H2,23,24)(H,25,29);1H. The predicted molar refractivity (Wildman–Crippen MR) is 106 cm³/mol. The third-order valence-corrected chi connectivity index (χ3v) is 4.08. The molecule has 0 spiro atoms. The van der Waals surface area contributed by atoms with Crippen LogP contribution in [0.4, 0.5) is 23.7 Å². The van der Waals surface area contributed by atoms with E-state index in [0.29, 0.717) is 0 Å². The molecule has 1 heterocycles. The lowest BCUT2D eigenvalue weighted by molar-refractivity contribution is -0.137. The van der Waals surface area contributed by atoms with Gasteiger partial charge in [0.2, 0.25) is 5.96 Å². The normalized spacial score (nSPS) is 15.6. The van der Waals surface area contributed by atoms with Gasteiger partial charge < -0.3 is 15.5 Å². The van der Waals surface area contributed by atoms with Gasteiger partial charge in [0, 0.05) is 18.9 Å². The van der Waals surface area contributed by atoms with E-state index in [-0.39, 0.29) is 30.6 Å². The molecule has 0 aliphatic carbocycles. The molecule has 2 rings (SSSR count). The molecular formula is C18H20ClF3N6O2. The molecule has 0 unspecified atom stereocenters. The summed E-state index contributed by atoms with van der Waals surface area (Å²) in [4.78, 5) is 26.3. The van der Waals surface area contributed by atoms with Gasteiger partial charge in [-0.2, -0.15) is 18.4 Å². The number of alkyl halides is 3. The second kappa shape index (κ2) is 9.04. The number of hydrogen-bond donors (Lipinski definition) is 3. The van der Waals surface area contributed by atoms with Gasteiger partial charge in [-0.3, -0.25) is 15.1 Å². The first-order chi connectivity index (χ1) is 13.4. The Balaban J connectivity index is 0.00000450. The Morgan fingerprint density at radius 3 is 2.57 bits per heavy atom. The molecule has 1 fully saturated rings. The first-order valence-corrected chi connectivity index (χ1v) is 8.36. The average molecular weight is 445 g/mol. The number of carbonyl (C=O) groups excluding carboxylic acids is 2. The van der Waals surface area contributed by atoms with Gasteiger partial charge >= 0.3 is 12.2 Å². The average Bonchev–Trinajstić information content (AvgIpc) is 2.93. The summed E-state index contributed by atoms with van der Waals surface area (Å²) < 4.78 is 38.6. The molecule has 1 saturated heterocycles. The molecule has 0 aromatic heterocycles. The topological polar surface area (TPSA) is 112 Å². The van der Waals surface area contributed by atoms with Crippen LogP contribution in [-0.4, -0.2) is 41.9 Å². The Morgan fingerprint density at radius 2 is 2.07 bits per heavy atom. The van der Waals surface area contributed by atoms with Crippen molar-refractivity contribution >= 4 is 36.0 Å². The molecule has 12 heteroatoms. The summed E-state index contributed by atoms with van der Waals surface area (Å²) in [5, 5.41) is 22.2. The number of hydrogen-bond acceptors (Lipinski definition) is 4. The first kappa shape index (κ1) is 24.8. The number of amides is 3. The third-order valence-electron chi connectivity index (χ3n) is 4.08. The number of nitrogens with zero attached hydrogens (tertiary/aromatic N) is 3. The second-order valence-electron chi connectivity index (χ2n) is 6.98. The van der Waals surface area contributed by atoms with Crippen molar-refractivity contribution in [3.63, 3.8) is 0 Å². The summed E-state index contributed by atoms with van der Waals surface area (Å²) in [5.74, 6) is -1.23. The van der Waals surface area contributed by atoms with Crippen LogP contribution in [0.5, 0.6) is 0 Å². The maximum atomic E-state index is 12.9. The van der Waals surface area contributed by atoms with Crippen LogP contribution in [0, 0.1) is 16.7 Å². The largest absolute Gasteiger partial charge is 0.416 e. The monoisotopic (exact) mass is 444 g/mol. The fourth-order valence-corrected chi connectivity index (χ4v) is 2.59. The Labute approximate surface area is 177 Å². The van der Waals surface area contributed by atoms with Crippen molar-refractivity contribution in [1.29, 1.82) is 10.7 Å². The van der Waals surface area contributed by atoms with Crippen molar-refractivity contribution in [1.82, 2.24) is 15.5 Å². The molecule has 1 aromatic rings. The van der Waals surface area contributed by atoms with E-state index >= 15 is 0 Å². The minimum atomic E-state index is -4.57. The van der Waals surface area contributed by atoms with Crippen LogP contribution in [0.15, 0.2) is 36.0 Å². The fourth-order valence-electron chi connectivity index (χ4n) is 2.59. The Hall–Kier alpha value is -3.26. The molecule has 162 valence electrons. The van der Waals surface area contributed by atoms with Gasteiger partial charge in [-0.15, -0.1) is 12.4 Å². The lowest BCUT2D eigenvalue weighted by Gasteiger charge is -2.19. The van der Waals surface area contributed by atoms with Crippen LogP contribution in [0.3, 0.4) is 0 Å². The lowest BCUT2D eigenvalue weighted by atomic mass is 10.1. The van der Waals surface area contributed by atoms with Crippen LogP contribution in [-0.2, 0) is 11.0 Å². The summed E-state index contributed by atoms with van der Waals surface area (Å²) >= 11 is 0. The maximum Gasteiger partial charge on any atom is 0.416 e. The Kier molecular flexibility index (Phi) is 7.47. The van der Waals surface area contributed by atoms with Gasteiger partial charge in [0.1, 0.15) is 11.6 Å². The maximum absolute atomic E-state index is 12.9. The summed E-state index contributed by atoms with van der Waals surface area (Å²) in [6, 6.07) is 5.24. The summed E-state index contributed by atoms with van der Waals surface area (Å²) in [6.45, 7) is 3.73. The highest BCUT2D eigenvalue weighted by molar-refractivity contribution is 6.08. The number of carbonyl (C=O) groups is 2. The molecule has 1 aliphatic rings. The molecule has 0 bridgehead atoms. The highest BCUT2D eigenvalue weighted by atomic mass is 35.5. The molecule has 0 atom stereocenters. The molecular weight excluding hydrogens is 425 g/mol. The number of nitriles is 1. The van der Waals surface area contributed by atoms with E-state index in [0.717, 1.165) is 34.2 Å². The van der Waals surface area contributed by atoms with Gasteiger partial charge in [0.25, 0.3) is 5.91 Å². The van der Waals surface area contributed by atoms with E-state index in [9.17, 15) is 28.0 Å². The summed E-state index contributed by atoms with van der Waals surface area (Å²) in [6.07, 6.45) is -3.64. The van der Waals surface area contributed by atoms with Gasteiger partial charge in [-0.1, -0.05) is 6.07 Å². The molecule has 0 saturated carbocycles. The smallest absolute Gasteiger partial charge is 0.331 e. The van der Waals surface area contributed by atoms with Crippen LogP contribution < -0.4 is 15.5 Å². The number of guanidine groups is 1. The number of benzene rings is 1. The molecule has 1 aromatic carbocycles. The first-order valence-electron chi connectivity index (χ1n) is 8.36. The fraction of sp³-hybridized carbons (Fsp3) is 0.333. The lowest BCUT2D eigenvalue weighted by Crippen LogP contribution is -2.41. The van der Waals surface area contributed by atoms with E-state index in [2.05, 4.69) is 10.6 Å². The number of urea groups is 1. The number of halogens is 4. The second-order valence-corrected chi connectivity index (χ2v) is 6.98. The third kappa shape index (κ3) is 5.64. The Bertz CT molecular complexity index is 923. The summed E-state index contributed by atoms with van der Waals surface area (Å²) in [5.41, 5.74) is -1.98.